The zero-order chi connectivity index (χ0) is 18.2. The van der Waals surface area contributed by atoms with E-state index >= 15 is 0 Å². The van der Waals surface area contributed by atoms with E-state index in [2.05, 4.69) is 24.1 Å². The topological polar surface area (TPSA) is 52.6 Å². The van der Waals surface area contributed by atoms with E-state index < -0.39 is 0 Å². The van der Waals surface area contributed by atoms with Gasteiger partial charge in [-0.1, -0.05) is 12.8 Å². The van der Waals surface area contributed by atoms with Crippen molar-refractivity contribution in [3.05, 3.63) is 24.3 Å². The van der Waals surface area contributed by atoms with Crippen molar-refractivity contribution in [2.45, 2.75) is 58.9 Å². The highest BCUT2D eigenvalue weighted by atomic mass is 16.2. The van der Waals surface area contributed by atoms with Crippen LogP contribution in [0.5, 0.6) is 0 Å². The average molecular weight is 345 g/mol. The van der Waals surface area contributed by atoms with Gasteiger partial charge in [-0.25, -0.2) is 0 Å². The van der Waals surface area contributed by atoms with Gasteiger partial charge in [0.2, 0.25) is 11.8 Å². The molecule has 0 bridgehead atoms. The van der Waals surface area contributed by atoms with Gasteiger partial charge in [-0.15, -0.1) is 0 Å². The molecule has 0 aliphatic heterocycles. The van der Waals surface area contributed by atoms with E-state index in [1.54, 1.807) is 11.8 Å². The van der Waals surface area contributed by atoms with Crippen molar-refractivity contribution in [2.75, 3.05) is 29.4 Å². The van der Waals surface area contributed by atoms with Crippen LogP contribution in [0.2, 0.25) is 0 Å². The predicted octanol–water partition coefficient (Wildman–Crippen LogP) is 3.33. The lowest BCUT2D eigenvalue weighted by Gasteiger charge is -2.24. The number of carbonyl (C=O) groups excluding carboxylic acids is 2. The van der Waals surface area contributed by atoms with Crippen LogP contribution in [-0.4, -0.2) is 37.5 Å². The zero-order valence-electron chi connectivity index (χ0n) is 15.8. The van der Waals surface area contributed by atoms with Crippen molar-refractivity contribution in [2.24, 2.45) is 0 Å². The molecule has 1 aromatic rings. The summed E-state index contributed by atoms with van der Waals surface area (Å²) >= 11 is 0. The number of rotatable bonds is 8. The summed E-state index contributed by atoms with van der Waals surface area (Å²) in [7, 11) is 0. The number of nitrogens with one attached hydrogen (secondary N) is 1. The monoisotopic (exact) mass is 345 g/mol. The molecule has 1 saturated carbocycles. The fraction of sp³-hybridized carbons (Fsp3) is 0.600. The molecule has 0 unspecified atom stereocenters. The first kappa shape index (κ1) is 19.3. The third-order valence-corrected chi connectivity index (χ3v) is 4.95. The zero-order valence-corrected chi connectivity index (χ0v) is 15.8. The first-order valence-corrected chi connectivity index (χ1v) is 9.47. The van der Waals surface area contributed by atoms with Crippen molar-refractivity contribution >= 4 is 23.2 Å². The molecule has 1 aliphatic carbocycles. The summed E-state index contributed by atoms with van der Waals surface area (Å²) in [5.74, 6) is 0.00201. The van der Waals surface area contributed by atoms with E-state index in [-0.39, 0.29) is 11.8 Å². The smallest absolute Gasteiger partial charge is 0.223 e. The molecule has 5 heteroatoms. The van der Waals surface area contributed by atoms with Crippen molar-refractivity contribution in [1.29, 1.82) is 0 Å². The summed E-state index contributed by atoms with van der Waals surface area (Å²) < 4.78 is 0. The first-order valence-electron chi connectivity index (χ1n) is 9.47. The number of benzene rings is 1. The molecule has 0 radical (unpaired) electrons. The van der Waals surface area contributed by atoms with Gasteiger partial charge in [0.05, 0.1) is 0 Å². The minimum absolute atomic E-state index is 0.0377. The number of hydrogen-bond donors (Lipinski definition) is 1. The lowest BCUT2D eigenvalue weighted by molar-refractivity contribution is -0.121. The second kappa shape index (κ2) is 9.44. The van der Waals surface area contributed by atoms with Gasteiger partial charge < -0.3 is 15.1 Å². The molecule has 0 spiro atoms. The highest BCUT2D eigenvalue weighted by molar-refractivity contribution is 5.92. The molecule has 2 amide bonds. The molecule has 0 saturated heterocycles. The largest absolute Gasteiger partial charge is 0.372 e. The van der Waals surface area contributed by atoms with E-state index in [1.165, 1.54) is 12.8 Å². The normalized spacial score (nSPS) is 14.4. The lowest BCUT2D eigenvalue weighted by Crippen LogP contribution is -2.37. The van der Waals surface area contributed by atoms with Gasteiger partial charge in [-0.05, 0) is 51.0 Å². The van der Waals surface area contributed by atoms with Gasteiger partial charge in [0.25, 0.3) is 0 Å². The van der Waals surface area contributed by atoms with Crippen LogP contribution in [0.1, 0.15) is 52.9 Å². The molecular formula is C20H31N3O2. The van der Waals surface area contributed by atoms with Crippen LogP contribution in [0, 0.1) is 0 Å². The van der Waals surface area contributed by atoms with Crippen LogP contribution in [0.15, 0.2) is 24.3 Å². The summed E-state index contributed by atoms with van der Waals surface area (Å²) in [4.78, 5) is 28.1. The Labute approximate surface area is 151 Å². The summed E-state index contributed by atoms with van der Waals surface area (Å²) in [6.45, 7) is 8.12. The third-order valence-electron chi connectivity index (χ3n) is 4.95. The third kappa shape index (κ3) is 5.48. The van der Waals surface area contributed by atoms with Crippen molar-refractivity contribution in [3.63, 3.8) is 0 Å². The molecule has 138 valence electrons. The van der Waals surface area contributed by atoms with E-state index in [4.69, 9.17) is 0 Å². The van der Waals surface area contributed by atoms with Gasteiger partial charge in [0.15, 0.2) is 0 Å². The second-order valence-corrected chi connectivity index (χ2v) is 6.66. The minimum Gasteiger partial charge on any atom is -0.372 e. The number of hydrogen-bond acceptors (Lipinski definition) is 3. The van der Waals surface area contributed by atoms with Crippen LogP contribution in [-0.2, 0) is 9.59 Å². The van der Waals surface area contributed by atoms with Gasteiger partial charge in [-0.2, -0.15) is 0 Å². The Bertz CT molecular complexity index is 561. The Morgan fingerprint density at radius 2 is 1.60 bits per heavy atom. The number of carbonyl (C=O) groups is 2. The Morgan fingerprint density at radius 1 is 1.04 bits per heavy atom. The predicted molar refractivity (Wildman–Crippen MR) is 103 cm³/mol. The molecule has 1 aliphatic rings. The molecule has 1 fully saturated rings. The van der Waals surface area contributed by atoms with Gasteiger partial charge in [0, 0.05) is 50.4 Å². The fourth-order valence-electron chi connectivity index (χ4n) is 3.48. The Balaban J connectivity index is 1.95. The van der Waals surface area contributed by atoms with Gasteiger partial charge >= 0.3 is 0 Å². The molecule has 2 rings (SSSR count). The maximum absolute atomic E-state index is 12.1. The lowest BCUT2D eigenvalue weighted by atomic mass is 10.2. The molecular weight excluding hydrogens is 314 g/mol. The fourth-order valence-corrected chi connectivity index (χ4v) is 3.48. The van der Waals surface area contributed by atoms with Crippen LogP contribution >= 0.6 is 0 Å². The second-order valence-electron chi connectivity index (χ2n) is 6.66. The molecule has 1 aromatic carbocycles. The van der Waals surface area contributed by atoms with E-state index in [0.29, 0.717) is 19.0 Å². The average Bonchev–Trinajstić information content (AvgIpc) is 3.10. The maximum Gasteiger partial charge on any atom is 0.223 e. The van der Waals surface area contributed by atoms with Crippen LogP contribution in [0.25, 0.3) is 0 Å². The number of amides is 2. The molecule has 0 aromatic heterocycles. The summed E-state index contributed by atoms with van der Waals surface area (Å²) in [5.41, 5.74) is 1.99. The van der Waals surface area contributed by atoms with E-state index in [0.717, 1.165) is 37.3 Å². The van der Waals surface area contributed by atoms with Crippen LogP contribution in [0.4, 0.5) is 11.4 Å². The Kier molecular flexibility index (Phi) is 7.29. The van der Waals surface area contributed by atoms with Crippen LogP contribution in [0.3, 0.4) is 0 Å². The van der Waals surface area contributed by atoms with Gasteiger partial charge in [0.1, 0.15) is 0 Å². The quantitative estimate of drug-likeness (QED) is 0.786. The molecule has 25 heavy (non-hydrogen) atoms. The minimum atomic E-state index is -0.0377. The summed E-state index contributed by atoms with van der Waals surface area (Å²) in [6.07, 6.45) is 4.89. The van der Waals surface area contributed by atoms with E-state index in [9.17, 15) is 9.59 Å². The molecule has 0 heterocycles. The van der Waals surface area contributed by atoms with Crippen molar-refractivity contribution in [3.8, 4) is 0 Å². The maximum atomic E-state index is 12.1. The highest BCUT2D eigenvalue weighted by Gasteiger charge is 2.18. The first-order chi connectivity index (χ1) is 12.0. The summed E-state index contributed by atoms with van der Waals surface area (Å²) in [6, 6.07) is 8.33. The number of anilines is 2. The molecule has 0 atom stereocenters. The van der Waals surface area contributed by atoms with Crippen LogP contribution < -0.4 is 15.1 Å². The molecule has 1 N–H and O–H groups in total. The number of nitrogens with zero attached hydrogens (tertiary/aromatic N) is 2. The SMILES string of the molecule is CCN(CC)c1ccc(N(CCC(=O)NC2CCCC2)C(C)=O)cc1. The standard InChI is InChI=1S/C20H31N3O2/c1-4-22(5-2)18-10-12-19(13-11-18)23(16(3)24)15-14-20(25)21-17-8-6-7-9-17/h10-13,17H,4-9,14-15H2,1-3H3,(H,21,25). The Hall–Kier alpha value is -2.04. The highest BCUT2D eigenvalue weighted by Crippen LogP contribution is 2.21. The summed E-state index contributed by atoms with van der Waals surface area (Å²) in [5, 5.41) is 3.08. The van der Waals surface area contributed by atoms with Gasteiger partial charge in [-0.3, -0.25) is 9.59 Å². The Morgan fingerprint density at radius 3 is 2.12 bits per heavy atom. The van der Waals surface area contributed by atoms with Crippen molar-refractivity contribution < 1.29 is 9.59 Å². The van der Waals surface area contributed by atoms with Crippen molar-refractivity contribution in [1.82, 2.24) is 5.32 Å². The molecule has 5 nitrogen and oxygen atoms in total. The van der Waals surface area contributed by atoms with E-state index in [1.807, 2.05) is 24.3 Å².